The highest BCUT2D eigenvalue weighted by Gasteiger charge is 2.34. The molecule has 1 aromatic heterocycles. The number of aromatic nitrogens is 1. The number of alkyl halides is 3. The monoisotopic (exact) mass is 418 g/mol. The number of H-pyrrole nitrogens is 1. The van der Waals surface area contributed by atoms with Crippen LogP contribution >= 0.6 is 0 Å². The van der Waals surface area contributed by atoms with Crippen molar-refractivity contribution in [3.63, 3.8) is 0 Å². The Morgan fingerprint density at radius 3 is 2.57 bits per heavy atom. The third-order valence-corrected chi connectivity index (χ3v) is 5.31. The van der Waals surface area contributed by atoms with E-state index in [0.717, 1.165) is 41.4 Å². The maximum absolute atomic E-state index is 12.7. The first kappa shape index (κ1) is 20.3. The molecule has 0 atom stereocenters. The van der Waals surface area contributed by atoms with Crippen LogP contribution in [0.2, 0.25) is 0 Å². The highest BCUT2D eigenvalue weighted by atomic mass is 19.4. The van der Waals surface area contributed by atoms with Crippen molar-refractivity contribution in [3.8, 4) is 5.75 Å². The summed E-state index contributed by atoms with van der Waals surface area (Å²) in [5.74, 6) is 0.625. The molecule has 0 saturated heterocycles. The Labute approximate surface area is 171 Å². The van der Waals surface area contributed by atoms with E-state index in [1.54, 1.807) is 18.3 Å². The molecule has 0 unspecified atom stereocenters. The Bertz CT molecular complexity index is 1040. The molecule has 3 aromatic rings. The molecule has 1 heterocycles. The van der Waals surface area contributed by atoms with Crippen LogP contribution in [0.5, 0.6) is 5.75 Å². The van der Waals surface area contributed by atoms with Gasteiger partial charge in [0.1, 0.15) is 12.4 Å². The minimum atomic E-state index is -4.32. The fraction of sp³-hybridized carbons (Fsp3) is 0.318. The number of halogens is 3. The first-order chi connectivity index (χ1) is 14.3. The molecule has 2 N–H and O–H groups in total. The second-order valence-electron chi connectivity index (χ2n) is 7.42. The van der Waals surface area contributed by atoms with Crippen molar-refractivity contribution in [3.05, 3.63) is 59.8 Å². The van der Waals surface area contributed by atoms with E-state index in [4.69, 9.17) is 9.47 Å². The molecule has 2 aromatic carbocycles. The number of fused-ring (bicyclic) bond motifs is 1. The van der Waals surface area contributed by atoms with Crippen LogP contribution < -0.4 is 10.1 Å². The molecule has 1 amide bonds. The van der Waals surface area contributed by atoms with Crippen LogP contribution in [0.3, 0.4) is 0 Å². The predicted octanol–water partition coefficient (Wildman–Crippen LogP) is 5.10. The van der Waals surface area contributed by atoms with Gasteiger partial charge in [0.2, 0.25) is 5.91 Å². The summed E-state index contributed by atoms with van der Waals surface area (Å²) in [6, 6.07) is 10.9. The van der Waals surface area contributed by atoms with Crippen LogP contribution in [-0.4, -0.2) is 30.7 Å². The lowest BCUT2D eigenvalue weighted by atomic mass is 9.77. The largest absolute Gasteiger partial charge is 0.490 e. The van der Waals surface area contributed by atoms with Gasteiger partial charge in [-0.1, -0.05) is 12.1 Å². The SMILES string of the molecule is COCC(=O)Nc1c[nH]c2ccc(OC3CC(c4ccc(C(F)(F)F)cc4)C3)cc12. The molecule has 1 aliphatic carbocycles. The van der Waals surface area contributed by atoms with Crippen LogP contribution in [0, 0.1) is 0 Å². The number of aromatic amines is 1. The number of carbonyl (C=O) groups excluding carboxylic acids is 1. The van der Waals surface area contributed by atoms with Crippen LogP contribution in [0.1, 0.15) is 29.9 Å². The Hall–Kier alpha value is -3.00. The summed E-state index contributed by atoms with van der Waals surface area (Å²) in [6.07, 6.45) is -1.11. The molecule has 5 nitrogen and oxygen atoms in total. The summed E-state index contributed by atoms with van der Waals surface area (Å²) in [5, 5.41) is 3.62. The first-order valence-electron chi connectivity index (χ1n) is 9.57. The van der Waals surface area contributed by atoms with Crippen molar-refractivity contribution < 1.29 is 27.4 Å². The molecular weight excluding hydrogens is 397 g/mol. The molecular formula is C22H21F3N2O3. The number of benzene rings is 2. The Balaban J connectivity index is 1.38. The molecule has 0 spiro atoms. The number of amides is 1. The van der Waals surface area contributed by atoms with Gasteiger partial charge in [0.25, 0.3) is 0 Å². The standard InChI is InChI=1S/C22H21F3N2O3/c1-29-12-21(28)27-20-11-26-19-7-6-16(10-18(19)20)30-17-8-14(9-17)13-2-4-15(5-3-13)22(23,24)25/h2-7,10-11,14,17,26H,8-9,12H2,1H3,(H,27,28). The number of rotatable bonds is 6. The molecule has 4 rings (SSSR count). The summed E-state index contributed by atoms with van der Waals surface area (Å²) in [6.45, 7) is -0.0315. The van der Waals surface area contributed by atoms with Gasteiger partial charge in [0.15, 0.2) is 0 Å². The van der Waals surface area contributed by atoms with Crippen LogP contribution in [0.15, 0.2) is 48.7 Å². The molecule has 1 fully saturated rings. The molecule has 1 saturated carbocycles. The highest BCUT2D eigenvalue weighted by molar-refractivity contribution is 6.02. The van der Waals surface area contributed by atoms with E-state index in [2.05, 4.69) is 10.3 Å². The zero-order valence-electron chi connectivity index (χ0n) is 16.3. The molecule has 30 heavy (non-hydrogen) atoms. The fourth-order valence-electron chi connectivity index (χ4n) is 3.66. The number of anilines is 1. The Morgan fingerprint density at radius 1 is 1.17 bits per heavy atom. The van der Waals surface area contributed by atoms with Gasteiger partial charge in [0.05, 0.1) is 17.4 Å². The highest BCUT2D eigenvalue weighted by Crippen LogP contribution is 2.40. The third kappa shape index (κ3) is 4.28. The van der Waals surface area contributed by atoms with Crippen molar-refractivity contribution in [2.75, 3.05) is 19.0 Å². The first-order valence-corrected chi connectivity index (χ1v) is 9.57. The molecule has 0 aliphatic heterocycles. The van der Waals surface area contributed by atoms with Gasteiger partial charge in [-0.2, -0.15) is 13.2 Å². The van der Waals surface area contributed by atoms with E-state index in [1.165, 1.54) is 7.11 Å². The van der Waals surface area contributed by atoms with Crippen LogP contribution in [0.4, 0.5) is 18.9 Å². The van der Waals surface area contributed by atoms with Gasteiger partial charge in [-0.3, -0.25) is 4.79 Å². The second kappa shape index (κ2) is 8.02. The predicted molar refractivity (Wildman–Crippen MR) is 107 cm³/mol. The zero-order valence-corrected chi connectivity index (χ0v) is 16.3. The zero-order chi connectivity index (χ0) is 21.3. The van der Waals surface area contributed by atoms with Gasteiger partial charge in [-0.15, -0.1) is 0 Å². The maximum Gasteiger partial charge on any atom is 0.416 e. The van der Waals surface area contributed by atoms with Gasteiger partial charge < -0.3 is 19.8 Å². The van der Waals surface area contributed by atoms with Crippen LogP contribution in [0.25, 0.3) is 10.9 Å². The average Bonchev–Trinajstić information content (AvgIpc) is 3.06. The Morgan fingerprint density at radius 2 is 1.90 bits per heavy atom. The number of ether oxygens (including phenoxy) is 2. The number of nitrogens with one attached hydrogen (secondary N) is 2. The van der Waals surface area contributed by atoms with Crippen LogP contribution in [-0.2, 0) is 15.7 Å². The average molecular weight is 418 g/mol. The number of carbonyl (C=O) groups is 1. The summed E-state index contributed by atoms with van der Waals surface area (Å²) in [5.41, 5.74) is 1.78. The van der Waals surface area contributed by atoms with E-state index in [-0.39, 0.29) is 24.5 Å². The van der Waals surface area contributed by atoms with E-state index < -0.39 is 11.7 Å². The lowest BCUT2D eigenvalue weighted by Gasteiger charge is -2.35. The minimum Gasteiger partial charge on any atom is -0.490 e. The van der Waals surface area contributed by atoms with Crippen molar-refractivity contribution >= 4 is 22.5 Å². The summed E-state index contributed by atoms with van der Waals surface area (Å²) in [7, 11) is 1.46. The number of methoxy groups -OCH3 is 1. The topological polar surface area (TPSA) is 63.3 Å². The van der Waals surface area contributed by atoms with E-state index in [9.17, 15) is 18.0 Å². The summed E-state index contributed by atoms with van der Waals surface area (Å²) in [4.78, 5) is 14.9. The van der Waals surface area contributed by atoms with Crippen molar-refractivity contribution in [2.45, 2.75) is 31.0 Å². The smallest absolute Gasteiger partial charge is 0.416 e. The normalized spacial score (nSPS) is 18.8. The van der Waals surface area contributed by atoms with Gasteiger partial charge >= 0.3 is 6.18 Å². The quantitative estimate of drug-likeness (QED) is 0.586. The van der Waals surface area contributed by atoms with Crippen molar-refractivity contribution in [1.82, 2.24) is 4.98 Å². The molecule has 1 aliphatic rings. The van der Waals surface area contributed by atoms with E-state index in [0.29, 0.717) is 11.4 Å². The van der Waals surface area contributed by atoms with E-state index in [1.807, 2.05) is 18.2 Å². The van der Waals surface area contributed by atoms with Crippen molar-refractivity contribution in [2.24, 2.45) is 0 Å². The van der Waals surface area contributed by atoms with E-state index >= 15 is 0 Å². The number of hydrogen-bond acceptors (Lipinski definition) is 3. The second-order valence-corrected chi connectivity index (χ2v) is 7.42. The minimum absolute atomic E-state index is 0.000201. The molecule has 0 bridgehead atoms. The lowest BCUT2D eigenvalue weighted by Crippen LogP contribution is -2.32. The molecule has 0 radical (unpaired) electrons. The summed E-state index contributed by atoms with van der Waals surface area (Å²) >= 11 is 0. The molecule has 158 valence electrons. The third-order valence-electron chi connectivity index (χ3n) is 5.31. The number of hydrogen-bond donors (Lipinski definition) is 2. The molecule has 8 heteroatoms. The van der Waals surface area contributed by atoms with Gasteiger partial charge in [-0.25, -0.2) is 0 Å². The maximum atomic E-state index is 12.7. The van der Waals surface area contributed by atoms with Gasteiger partial charge in [-0.05, 0) is 54.7 Å². The van der Waals surface area contributed by atoms with Gasteiger partial charge in [0, 0.05) is 24.2 Å². The summed E-state index contributed by atoms with van der Waals surface area (Å²) < 4.78 is 48.9. The Kier molecular flexibility index (Phi) is 5.42. The fourth-order valence-corrected chi connectivity index (χ4v) is 3.66. The lowest BCUT2D eigenvalue weighted by molar-refractivity contribution is -0.137. The van der Waals surface area contributed by atoms with Crippen molar-refractivity contribution in [1.29, 1.82) is 0 Å².